The van der Waals surface area contributed by atoms with Crippen molar-refractivity contribution in [1.82, 2.24) is 9.55 Å². The summed E-state index contributed by atoms with van der Waals surface area (Å²) in [4.78, 5) is 4.80. The van der Waals surface area contributed by atoms with Crippen molar-refractivity contribution in [2.45, 2.75) is 25.8 Å². The number of aromatic hydroxyl groups is 1. The maximum atomic E-state index is 9.69. The molecule has 1 saturated carbocycles. The zero-order valence-corrected chi connectivity index (χ0v) is 11.4. The molecular formula is C17H16N2O. The van der Waals surface area contributed by atoms with E-state index in [0.717, 1.165) is 22.5 Å². The molecule has 1 aliphatic rings. The lowest BCUT2D eigenvalue weighted by Crippen LogP contribution is -1.97. The third-order valence-electron chi connectivity index (χ3n) is 3.96. The van der Waals surface area contributed by atoms with Crippen LogP contribution in [0.3, 0.4) is 0 Å². The van der Waals surface area contributed by atoms with Gasteiger partial charge in [-0.2, -0.15) is 0 Å². The monoisotopic (exact) mass is 264 g/mol. The lowest BCUT2D eigenvalue weighted by Gasteiger charge is -2.09. The van der Waals surface area contributed by atoms with E-state index in [0.29, 0.717) is 11.8 Å². The molecule has 100 valence electrons. The molecule has 0 atom stereocenters. The average molecular weight is 264 g/mol. The van der Waals surface area contributed by atoms with Crippen molar-refractivity contribution >= 4 is 11.0 Å². The molecule has 0 amide bonds. The summed E-state index contributed by atoms with van der Waals surface area (Å²) in [7, 11) is 0. The molecule has 0 radical (unpaired) electrons. The van der Waals surface area contributed by atoms with Crippen LogP contribution in [0.2, 0.25) is 0 Å². The minimum atomic E-state index is 0.336. The first-order valence-electron chi connectivity index (χ1n) is 7.01. The number of aromatic nitrogens is 2. The molecule has 3 heteroatoms. The van der Waals surface area contributed by atoms with Crippen molar-refractivity contribution < 1.29 is 5.11 Å². The van der Waals surface area contributed by atoms with Gasteiger partial charge in [-0.25, -0.2) is 4.98 Å². The van der Waals surface area contributed by atoms with Gasteiger partial charge in [-0.3, -0.25) is 0 Å². The number of hydrogen-bond acceptors (Lipinski definition) is 2. The van der Waals surface area contributed by atoms with Gasteiger partial charge in [0.1, 0.15) is 11.6 Å². The number of imidazole rings is 1. The van der Waals surface area contributed by atoms with Gasteiger partial charge in [0.05, 0.1) is 11.0 Å². The summed E-state index contributed by atoms with van der Waals surface area (Å²) in [5, 5.41) is 9.69. The van der Waals surface area contributed by atoms with E-state index >= 15 is 0 Å². The lowest BCUT2D eigenvalue weighted by atomic mass is 10.1. The lowest BCUT2D eigenvalue weighted by molar-refractivity contribution is 0.471. The maximum absolute atomic E-state index is 9.69. The topological polar surface area (TPSA) is 38.0 Å². The predicted octanol–water partition coefficient (Wildman–Crippen LogP) is 4.05. The highest BCUT2D eigenvalue weighted by Gasteiger charge is 2.28. The maximum Gasteiger partial charge on any atom is 0.141 e. The minimum Gasteiger partial charge on any atom is -0.508 e. The van der Waals surface area contributed by atoms with Crippen LogP contribution in [0.25, 0.3) is 22.4 Å². The molecule has 3 nitrogen and oxygen atoms in total. The molecule has 20 heavy (non-hydrogen) atoms. The van der Waals surface area contributed by atoms with Crippen molar-refractivity contribution in [2.75, 3.05) is 0 Å². The first-order valence-corrected chi connectivity index (χ1v) is 7.01. The fraction of sp³-hybridized carbons (Fsp3) is 0.235. The second-order valence-corrected chi connectivity index (χ2v) is 5.53. The minimum absolute atomic E-state index is 0.336. The van der Waals surface area contributed by atoms with Gasteiger partial charge in [-0.05, 0) is 55.7 Å². The van der Waals surface area contributed by atoms with Gasteiger partial charge in [-0.15, -0.1) is 0 Å². The summed E-state index contributed by atoms with van der Waals surface area (Å²) < 4.78 is 2.35. The number of benzene rings is 2. The van der Waals surface area contributed by atoms with Gasteiger partial charge in [0.2, 0.25) is 0 Å². The van der Waals surface area contributed by atoms with Gasteiger partial charge in [0.25, 0.3) is 0 Å². The normalized spacial score (nSPS) is 14.8. The van der Waals surface area contributed by atoms with E-state index in [-0.39, 0.29) is 0 Å². The van der Waals surface area contributed by atoms with E-state index in [4.69, 9.17) is 4.98 Å². The molecule has 0 aliphatic heterocycles. The van der Waals surface area contributed by atoms with Crippen molar-refractivity contribution in [3.8, 4) is 17.1 Å². The molecule has 1 aliphatic carbocycles. The fourth-order valence-corrected chi connectivity index (χ4v) is 2.75. The first-order chi connectivity index (χ1) is 9.74. The molecule has 3 aromatic rings. The molecule has 1 heterocycles. The van der Waals surface area contributed by atoms with E-state index in [2.05, 4.69) is 22.8 Å². The number of nitrogens with zero attached hydrogens (tertiary/aromatic N) is 2. The van der Waals surface area contributed by atoms with Crippen LogP contribution in [0, 0.1) is 6.92 Å². The quantitative estimate of drug-likeness (QED) is 0.758. The summed E-state index contributed by atoms with van der Waals surface area (Å²) in [6.45, 7) is 1.92. The van der Waals surface area contributed by atoms with Crippen molar-refractivity contribution in [3.63, 3.8) is 0 Å². The molecule has 0 saturated heterocycles. The third-order valence-corrected chi connectivity index (χ3v) is 3.96. The number of aryl methyl sites for hydroxylation is 1. The number of hydrogen-bond donors (Lipinski definition) is 1. The van der Waals surface area contributed by atoms with E-state index in [1.807, 2.05) is 25.1 Å². The Morgan fingerprint density at radius 2 is 1.95 bits per heavy atom. The van der Waals surface area contributed by atoms with Gasteiger partial charge >= 0.3 is 0 Å². The summed E-state index contributed by atoms with van der Waals surface area (Å²) in [5.74, 6) is 1.35. The molecule has 1 N–H and O–H groups in total. The van der Waals surface area contributed by atoms with Crippen LogP contribution in [-0.2, 0) is 0 Å². The number of rotatable bonds is 2. The Labute approximate surface area is 117 Å². The SMILES string of the molecule is Cc1cc(-c2nc3ccccc3n2C2CC2)ccc1O. The highest BCUT2D eigenvalue weighted by Crippen LogP contribution is 2.41. The van der Waals surface area contributed by atoms with Crippen LogP contribution in [-0.4, -0.2) is 14.7 Å². The molecule has 1 fully saturated rings. The van der Waals surface area contributed by atoms with Gasteiger partial charge in [-0.1, -0.05) is 12.1 Å². The number of phenols is 1. The van der Waals surface area contributed by atoms with Crippen molar-refractivity contribution in [3.05, 3.63) is 48.0 Å². The van der Waals surface area contributed by atoms with E-state index in [9.17, 15) is 5.11 Å². The second-order valence-electron chi connectivity index (χ2n) is 5.53. The van der Waals surface area contributed by atoms with Crippen molar-refractivity contribution in [2.24, 2.45) is 0 Å². The largest absolute Gasteiger partial charge is 0.508 e. The average Bonchev–Trinajstić information content (AvgIpc) is 3.22. The van der Waals surface area contributed by atoms with E-state index in [1.165, 1.54) is 18.4 Å². The van der Waals surface area contributed by atoms with Crippen LogP contribution in [0.15, 0.2) is 42.5 Å². The number of phenolic OH excluding ortho intramolecular Hbond substituents is 1. The van der Waals surface area contributed by atoms with Crippen LogP contribution < -0.4 is 0 Å². The highest BCUT2D eigenvalue weighted by molar-refractivity contribution is 5.81. The zero-order valence-electron chi connectivity index (χ0n) is 11.4. The van der Waals surface area contributed by atoms with E-state index < -0.39 is 0 Å². The first kappa shape index (κ1) is 11.5. The Bertz CT molecular complexity index is 800. The van der Waals surface area contributed by atoms with Crippen molar-refractivity contribution in [1.29, 1.82) is 0 Å². The third kappa shape index (κ3) is 1.70. The van der Waals surface area contributed by atoms with Crippen LogP contribution in [0.5, 0.6) is 5.75 Å². The molecule has 0 bridgehead atoms. The number of para-hydroxylation sites is 2. The molecular weight excluding hydrogens is 248 g/mol. The van der Waals surface area contributed by atoms with Crippen LogP contribution in [0.1, 0.15) is 24.4 Å². The fourth-order valence-electron chi connectivity index (χ4n) is 2.75. The Balaban J connectivity index is 1.98. The highest BCUT2D eigenvalue weighted by atomic mass is 16.3. The molecule has 0 unspecified atom stereocenters. The predicted molar refractivity (Wildman–Crippen MR) is 79.8 cm³/mol. The Morgan fingerprint density at radius 3 is 2.70 bits per heavy atom. The smallest absolute Gasteiger partial charge is 0.141 e. The molecule has 2 aromatic carbocycles. The number of fused-ring (bicyclic) bond motifs is 1. The standard InChI is InChI=1S/C17H16N2O/c1-11-10-12(6-9-16(11)20)17-18-14-4-2-3-5-15(14)19(17)13-7-8-13/h2-6,9-10,13,20H,7-8H2,1H3. The summed E-state index contributed by atoms with van der Waals surface area (Å²) in [5.41, 5.74) is 4.20. The van der Waals surface area contributed by atoms with Crippen LogP contribution in [0.4, 0.5) is 0 Å². The summed E-state index contributed by atoms with van der Waals surface area (Å²) >= 11 is 0. The molecule has 4 rings (SSSR count). The Morgan fingerprint density at radius 1 is 1.15 bits per heavy atom. The van der Waals surface area contributed by atoms with Gasteiger partial charge in [0.15, 0.2) is 0 Å². The van der Waals surface area contributed by atoms with E-state index in [1.54, 1.807) is 6.07 Å². The molecule has 1 aromatic heterocycles. The van der Waals surface area contributed by atoms with Crippen LogP contribution >= 0.6 is 0 Å². The Kier molecular flexibility index (Phi) is 2.36. The van der Waals surface area contributed by atoms with Gasteiger partial charge < -0.3 is 9.67 Å². The zero-order chi connectivity index (χ0) is 13.7. The summed E-state index contributed by atoms with van der Waals surface area (Å²) in [6.07, 6.45) is 2.45. The summed E-state index contributed by atoms with van der Waals surface area (Å²) in [6, 6.07) is 14.6. The molecule has 0 spiro atoms. The second kappa shape index (κ2) is 4.10. The van der Waals surface area contributed by atoms with Gasteiger partial charge in [0, 0.05) is 11.6 Å². The Hall–Kier alpha value is -2.29.